The summed E-state index contributed by atoms with van der Waals surface area (Å²) in [6.45, 7) is 1.97. The lowest BCUT2D eigenvalue weighted by molar-refractivity contribution is 0.199. The van der Waals surface area contributed by atoms with Crippen LogP contribution < -0.4 is 9.47 Å². The maximum absolute atomic E-state index is 10.9. The number of hydrogen-bond acceptors (Lipinski definition) is 5. The van der Waals surface area contributed by atoms with Gasteiger partial charge in [0, 0.05) is 13.1 Å². The van der Waals surface area contributed by atoms with Crippen molar-refractivity contribution in [2.45, 2.75) is 43.7 Å². The van der Waals surface area contributed by atoms with Gasteiger partial charge in [0.2, 0.25) is 6.08 Å². The van der Waals surface area contributed by atoms with E-state index in [-0.39, 0.29) is 6.10 Å². The maximum atomic E-state index is 10.9. The van der Waals surface area contributed by atoms with E-state index in [0.29, 0.717) is 0 Å². The molecule has 2 aliphatic rings. The van der Waals surface area contributed by atoms with Gasteiger partial charge in [-0.25, -0.2) is 4.79 Å². The first-order valence-electron chi connectivity index (χ1n) is 8.29. The van der Waals surface area contributed by atoms with Crippen LogP contribution in [0.1, 0.15) is 37.7 Å². The zero-order chi connectivity index (χ0) is 16.3. The number of likely N-dealkylation sites (tertiary alicyclic amines) is 1. The number of hydrogen-bond donors (Lipinski definition) is 0. The van der Waals surface area contributed by atoms with Crippen molar-refractivity contribution in [1.82, 2.24) is 4.90 Å². The highest BCUT2D eigenvalue weighted by Crippen LogP contribution is 2.44. The fourth-order valence-corrected chi connectivity index (χ4v) is 3.74. The standard InChI is InChI=1S/C18H24N2O3/c1-20-10-7-15(12-20)23-17-11-14(5-6-16(17)22-2)18(19-13-21)8-3-4-9-18/h5-6,11,15H,3-4,7-10,12H2,1-2H3. The first-order valence-corrected chi connectivity index (χ1v) is 8.29. The van der Waals surface area contributed by atoms with Gasteiger partial charge < -0.3 is 14.4 Å². The number of methoxy groups -OCH3 is 1. The van der Waals surface area contributed by atoms with Gasteiger partial charge in [-0.2, -0.15) is 4.99 Å². The number of ether oxygens (including phenoxy) is 2. The van der Waals surface area contributed by atoms with Gasteiger partial charge >= 0.3 is 0 Å². The Bertz CT molecular complexity index is 604. The Balaban J connectivity index is 1.90. The summed E-state index contributed by atoms with van der Waals surface area (Å²) in [5.41, 5.74) is 0.596. The number of aliphatic imine (C=N–C) groups is 1. The van der Waals surface area contributed by atoms with E-state index in [1.807, 2.05) is 18.2 Å². The van der Waals surface area contributed by atoms with Crippen LogP contribution in [0, 0.1) is 0 Å². The van der Waals surface area contributed by atoms with Crippen LogP contribution in [0.3, 0.4) is 0 Å². The average Bonchev–Trinajstić information content (AvgIpc) is 3.18. The van der Waals surface area contributed by atoms with Crippen molar-refractivity contribution in [1.29, 1.82) is 0 Å². The summed E-state index contributed by atoms with van der Waals surface area (Å²) in [7, 11) is 3.75. The largest absolute Gasteiger partial charge is 0.493 e. The van der Waals surface area contributed by atoms with Crippen LogP contribution in [-0.4, -0.2) is 44.3 Å². The highest BCUT2D eigenvalue weighted by atomic mass is 16.5. The van der Waals surface area contributed by atoms with Crippen molar-refractivity contribution in [2.24, 2.45) is 4.99 Å². The molecule has 3 rings (SSSR count). The number of nitrogens with zero attached hydrogens (tertiary/aromatic N) is 2. The number of benzene rings is 1. The minimum atomic E-state index is -0.432. The Morgan fingerprint density at radius 3 is 2.70 bits per heavy atom. The first kappa shape index (κ1) is 16.0. The van der Waals surface area contributed by atoms with Crippen LogP contribution in [0.5, 0.6) is 11.5 Å². The lowest BCUT2D eigenvalue weighted by atomic mass is 9.88. The predicted molar refractivity (Wildman–Crippen MR) is 87.8 cm³/mol. The second kappa shape index (κ2) is 6.73. The molecular weight excluding hydrogens is 292 g/mol. The molecule has 1 unspecified atom stereocenters. The van der Waals surface area contributed by atoms with E-state index in [2.05, 4.69) is 16.9 Å². The Labute approximate surface area is 137 Å². The van der Waals surface area contributed by atoms with E-state index in [0.717, 1.165) is 62.3 Å². The Morgan fingerprint density at radius 1 is 1.30 bits per heavy atom. The van der Waals surface area contributed by atoms with E-state index in [4.69, 9.17) is 9.47 Å². The molecule has 0 aromatic heterocycles. The number of isocyanates is 1. The fourth-order valence-electron chi connectivity index (χ4n) is 3.74. The summed E-state index contributed by atoms with van der Waals surface area (Å²) in [5.74, 6) is 1.48. The van der Waals surface area contributed by atoms with Crippen LogP contribution in [0.2, 0.25) is 0 Å². The average molecular weight is 316 g/mol. The summed E-state index contributed by atoms with van der Waals surface area (Å²) in [6.07, 6.45) is 6.91. The molecule has 23 heavy (non-hydrogen) atoms. The van der Waals surface area contributed by atoms with Crippen molar-refractivity contribution in [3.63, 3.8) is 0 Å². The van der Waals surface area contributed by atoms with Crippen molar-refractivity contribution < 1.29 is 14.3 Å². The van der Waals surface area contributed by atoms with Crippen molar-refractivity contribution in [3.8, 4) is 11.5 Å². The first-order chi connectivity index (χ1) is 11.2. The van der Waals surface area contributed by atoms with E-state index < -0.39 is 5.54 Å². The van der Waals surface area contributed by atoms with Crippen LogP contribution in [0.4, 0.5) is 0 Å². The smallest absolute Gasteiger partial charge is 0.235 e. The van der Waals surface area contributed by atoms with Crippen LogP contribution >= 0.6 is 0 Å². The van der Waals surface area contributed by atoms with Gasteiger partial charge in [0.25, 0.3) is 0 Å². The monoisotopic (exact) mass is 316 g/mol. The molecule has 1 aromatic rings. The quantitative estimate of drug-likeness (QED) is 0.619. The summed E-state index contributed by atoms with van der Waals surface area (Å²) < 4.78 is 11.6. The second-order valence-corrected chi connectivity index (χ2v) is 6.60. The molecule has 2 fully saturated rings. The number of carbonyl (C=O) groups excluding carboxylic acids is 1. The molecular formula is C18H24N2O3. The molecule has 0 bridgehead atoms. The Morgan fingerprint density at radius 2 is 2.09 bits per heavy atom. The van der Waals surface area contributed by atoms with Gasteiger partial charge in [-0.15, -0.1) is 0 Å². The van der Waals surface area contributed by atoms with Gasteiger partial charge in [-0.1, -0.05) is 18.9 Å². The van der Waals surface area contributed by atoms with E-state index >= 15 is 0 Å². The molecule has 0 N–H and O–H groups in total. The molecule has 1 saturated carbocycles. The molecule has 124 valence electrons. The van der Waals surface area contributed by atoms with E-state index in [1.165, 1.54) is 0 Å². The highest BCUT2D eigenvalue weighted by Gasteiger charge is 2.36. The Hall–Kier alpha value is -1.84. The SMILES string of the molecule is COc1ccc(C2(N=C=O)CCCC2)cc1OC1CCN(C)C1. The van der Waals surface area contributed by atoms with Gasteiger partial charge in [-0.3, -0.25) is 0 Å². The Kier molecular flexibility index (Phi) is 4.69. The van der Waals surface area contributed by atoms with E-state index in [9.17, 15) is 4.79 Å². The topological polar surface area (TPSA) is 51.1 Å². The van der Waals surface area contributed by atoms with Crippen molar-refractivity contribution in [2.75, 3.05) is 27.2 Å². The van der Waals surface area contributed by atoms with Crippen molar-refractivity contribution >= 4 is 6.08 Å². The van der Waals surface area contributed by atoms with Crippen LogP contribution in [0.15, 0.2) is 23.2 Å². The zero-order valence-electron chi connectivity index (χ0n) is 13.9. The molecule has 1 aromatic carbocycles. The number of likely N-dealkylation sites (N-methyl/N-ethyl adjacent to an activating group) is 1. The summed E-state index contributed by atoms with van der Waals surface area (Å²) >= 11 is 0. The molecule has 0 spiro atoms. The van der Waals surface area contributed by atoms with Gasteiger partial charge in [0.05, 0.1) is 12.6 Å². The maximum Gasteiger partial charge on any atom is 0.235 e. The third-order valence-corrected chi connectivity index (χ3v) is 5.03. The summed E-state index contributed by atoms with van der Waals surface area (Å²) in [4.78, 5) is 17.3. The lowest BCUT2D eigenvalue weighted by Gasteiger charge is -2.25. The minimum Gasteiger partial charge on any atom is -0.493 e. The molecule has 1 heterocycles. The molecule has 0 amide bonds. The molecule has 0 radical (unpaired) electrons. The molecule has 1 atom stereocenters. The van der Waals surface area contributed by atoms with Crippen LogP contribution in [-0.2, 0) is 10.3 Å². The fraction of sp³-hybridized carbons (Fsp3) is 0.611. The minimum absolute atomic E-state index is 0.179. The highest BCUT2D eigenvalue weighted by molar-refractivity contribution is 5.47. The predicted octanol–water partition coefficient (Wildman–Crippen LogP) is 2.88. The van der Waals surface area contributed by atoms with Gasteiger partial charge in [-0.05, 0) is 44.0 Å². The van der Waals surface area contributed by atoms with Gasteiger partial charge in [0.15, 0.2) is 11.5 Å². The molecule has 5 heteroatoms. The molecule has 1 aliphatic heterocycles. The zero-order valence-corrected chi connectivity index (χ0v) is 13.9. The third kappa shape index (κ3) is 3.26. The van der Waals surface area contributed by atoms with E-state index in [1.54, 1.807) is 13.2 Å². The molecule has 1 aliphatic carbocycles. The normalized spacial score (nSPS) is 23.5. The number of rotatable bonds is 5. The summed E-state index contributed by atoms with van der Waals surface area (Å²) in [5, 5.41) is 0. The summed E-state index contributed by atoms with van der Waals surface area (Å²) in [6, 6.07) is 5.92. The van der Waals surface area contributed by atoms with Crippen molar-refractivity contribution in [3.05, 3.63) is 23.8 Å². The lowest BCUT2D eigenvalue weighted by Crippen LogP contribution is -2.22. The molecule has 5 nitrogen and oxygen atoms in total. The molecule has 1 saturated heterocycles. The van der Waals surface area contributed by atoms with Crippen LogP contribution in [0.25, 0.3) is 0 Å². The third-order valence-electron chi connectivity index (χ3n) is 5.03. The van der Waals surface area contributed by atoms with Gasteiger partial charge in [0.1, 0.15) is 6.10 Å². The second-order valence-electron chi connectivity index (χ2n) is 6.60.